The molecule has 0 aromatic rings. The normalized spacial score (nSPS) is 32.3. The van der Waals surface area contributed by atoms with Crippen molar-refractivity contribution in [1.29, 1.82) is 0 Å². The highest BCUT2D eigenvalue weighted by atomic mass is 28.4. The number of fused-ring (bicyclic) bond motifs is 1. The summed E-state index contributed by atoms with van der Waals surface area (Å²) in [4.78, 5) is 0. The molecular formula is C13H26O3Si. The van der Waals surface area contributed by atoms with Gasteiger partial charge in [-0.3, -0.25) is 0 Å². The van der Waals surface area contributed by atoms with Crippen LogP contribution in [-0.2, 0) is 13.6 Å². The second-order valence-electron chi connectivity index (χ2n) is 5.46. The summed E-state index contributed by atoms with van der Waals surface area (Å²) < 4.78 is 16.9. The Morgan fingerprint density at radius 3 is 2.53 bits per heavy atom. The topological polar surface area (TPSA) is 31.0 Å². The molecule has 2 aliphatic rings. The molecule has 1 saturated carbocycles. The summed E-state index contributed by atoms with van der Waals surface area (Å²) in [5.41, 5.74) is 0. The minimum absolute atomic E-state index is 0.617. The van der Waals surface area contributed by atoms with Gasteiger partial charge in [-0.1, -0.05) is 19.8 Å². The van der Waals surface area contributed by atoms with E-state index in [1.807, 2.05) is 14.2 Å². The first-order valence-corrected chi connectivity index (χ1v) is 9.22. The molecule has 1 aliphatic carbocycles. The summed E-state index contributed by atoms with van der Waals surface area (Å²) >= 11 is 0. The molecule has 3 nitrogen and oxygen atoms in total. The monoisotopic (exact) mass is 258 g/mol. The predicted molar refractivity (Wildman–Crippen MR) is 70.3 cm³/mol. The first kappa shape index (κ1) is 13.5. The fourth-order valence-electron chi connectivity index (χ4n) is 3.16. The van der Waals surface area contributed by atoms with Crippen LogP contribution in [0.4, 0.5) is 0 Å². The highest BCUT2D eigenvalue weighted by Crippen LogP contribution is 2.41. The smallest absolute Gasteiger partial charge is 0.337 e. The molecule has 0 radical (unpaired) electrons. The second kappa shape index (κ2) is 5.82. The van der Waals surface area contributed by atoms with Crippen molar-refractivity contribution >= 4 is 8.56 Å². The maximum Gasteiger partial charge on any atom is 0.337 e. The summed E-state index contributed by atoms with van der Waals surface area (Å²) in [6, 6.07) is 2.19. The van der Waals surface area contributed by atoms with Gasteiger partial charge in [0.2, 0.25) is 0 Å². The maximum atomic E-state index is 5.65. The zero-order valence-electron chi connectivity index (χ0n) is 11.4. The van der Waals surface area contributed by atoms with E-state index in [2.05, 4.69) is 6.92 Å². The van der Waals surface area contributed by atoms with E-state index in [1.165, 1.54) is 32.1 Å². The van der Waals surface area contributed by atoms with Gasteiger partial charge < -0.3 is 13.6 Å². The van der Waals surface area contributed by atoms with Crippen molar-refractivity contribution in [2.45, 2.75) is 63.3 Å². The average Bonchev–Trinajstić information content (AvgIpc) is 3.14. The number of rotatable bonds is 7. The van der Waals surface area contributed by atoms with Crippen LogP contribution in [0.25, 0.3) is 0 Å². The Kier molecular flexibility index (Phi) is 4.63. The molecule has 0 bridgehead atoms. The van der Waals surface area contributed by atoms with E-state index in [-0.39, 0.29) is 0 Å². The van der Waals surface area contributed by atoms with E-state index in [0.717, 1.165) is 18.0 Å². The molecular weight excluding hydrogens is 232 g/mol. The first-order chi connectivity index (χ1) is 8.23. The molecule has 1 aliphatic heterocycles. The summed E-state index contributed by atoms with van der Waals surface area (Å²) in [6.07, 6.45) is 7.78. The molecule has 1 heterocycles. The SMILES string of the molecule is CC[Si](CCCC1CCC2OC2C1)(OC)OC. The Balaban J connectivity index is 1.67. The van der Waals surface area contributed by atoms with Gasteiger partial charge in [0.25, 0.3) is 0 Å². The van der Waals surface area contributed by atoms with E-state index in [0.29, 0.717) is 12.2 Å². The lowest BCUT2D eigenvalue weighted by atomic mass is 9.86. The van der Waals surface area contributed by atoms with Gasteiger partial charge in [0.15, 0.2) is 0 Å². The third kappa shape index (κ3) is 3.31. The van der Waals surface area contributed by atoms with Crippen LogP contribution in [0.1, 0.15) is 39.0 Å². The van der Waals surface area contributed by atoms with Crippen molar-refractivity contribution < 1.29 is 13.6 Å². The lowest BCUT2D eigenvalue weighted by Crippen LogP contribution is -2.39. The molecule has 0 aromatic carbocycles. The van der Waals surface area contributed by atoms with Gasteiger partial charge in [0, 0.05) is 14.2 Å². The summed E-state index contributed by atoms with van der Waals surface area (Å²) in [5.74, 6) is 0.885. The Morgan fingerprint density at radius 2 is 1.94 bits per heavy atom. The fraction of sp³-hybridized carbons (Fsp3) is 1.00. The minimum Gasteiger partial charge on any atom is -0.398 e. The van der Waals surface area contributed by atoms with E-state index in [4.69, 9.17) is 13.6 Å². The highest BCUT2D eigenvalue weighted by Gasteiger charge is 2.43. The van der Waals surface area contributed by atoms with Gasteiger partial charge in [-0.05, 0) is 37.3 Å². The van der Waals surface area contributed by atoms with Crippen molar-refractivity contribution in [3.63, 3.8) is 0 Å². The van der Waals surface area contributed by atoms with Crippen LogP contribution in [0.2, 0.25) is 12.1 Å². The van der Waals surface area contributed by atoms with E-state index in [1.54, 1.807) is 0 Å². The van der Waals surface area contributed by atoms with Crippen LogP contribution in [0.5, 0.6) is 0 Å². The fourth-order valence-corrected chi connectivity index (χ4v) is 5.41. The third-order valence-corrected chi connectivity index (χ3v) is 8.25. The molecule has 0 spiro atoms. The van der Waals surface area contributed by atoms with Crippen LogP contribution in [0.3, 0.4) is 0 Å². The molecule has 2 fully saturated rings. The zero-order chi connectivity index (χ0) is 12.3. The molecule has 2 rings (SSSR count). The molecule has 17 heavy (non-hydrogen) atoms. The second-order valence-corrected chi connectivity index (χ2v) is 9.30. The zero-order valence-corrected chi connectivity index (χ0v) is 12.4. The van der Waals surface area contributed by atoms with Gasteiger partial charge >= 0.3 is 8.56 Å². The van der Waals surface area contributed by atoms with Gasteiger partial charge in [-0.15, -0.1) is 0 Å². The third-order valence-electron chi connectivity index (χ3n) is 4.57. The molecule has 1 saturated heterocycles. The average molecular weight is 258 g/mol. The maximum absolute atomic E-state index is 5.65. The highest BCUT2D eigenvalue weighted by molar-refractivity contribution is 6.67. The van der Waals surface area contributed by atoms with Crippen LogP contribution >= 0.6 is 0 Å². The largest absolute Gasteiger partial charge is 0.398 e. The van der Waals surface area contributed by atoms with E-state index < -0.39 is 8.56 Å². The standard InChI is InChI=1S/C13H26O3Si/c1-4-17(14-2,15-3)9-5-6-11-7-8-12-13(10-11)16-12/h11-13H,4-10H2,1-3H3. The quantitative estimate of drug-likeness (QED) is 0.519. The lowest BCUT2D eigenvalue weighted by Gasteiger charge is -2.27. The predicted octanol–water partition coefficient (Wildman–Crippen LogP) is 3.09. The van der Waals surface area contributed by atoms with E-state index >= 15 is 0 Å². The molecule has 4 heteroatoms. The number of hydrogen-bond acceptors (Lipinski definition) is 3. The molecule has 3 atom stereocenters. The summed E-state index contributed by atoms with van der Waals surface area (Å²) in [7, 11) is 1.78. The number of epoxide rings is 1. The molecule has 0 amide bonds. The lowest BCUT2D eigenvalue weighted by molar-refractivity contribution is 0.239. The van der Waals surface area contributed by atoms with E-state index in [9.17, 15) is 0 Å². The number of ether oxygens (including phenoxy) is 1. The van der Waals surface area contributed by atoms with Crippen LogP contribution < -0.4 is 0 Å². The van der Waals surface area contributed by atoms with Crippen molar-refractivity contribution in [3.05, 3.63) is 0 Å². The Bertz CT molecular complexity index is 235. The van der Waals surface area contributed by atoms with Crippen LogP contribution in [0, 0.1) is 5.92 Å². The summed E-state index contributed by atoms with van der Waals surface area (Å²) in [6.45, 7) is 2.18. The van der Waals surface area contributed by atoms with Crippen molar-refractivity contribution in [1.82, 2.24) is 0 Å². The minimum atomic E-state index is -1.84. The first-order valence-electron chi connectivity index (χ1n) is 6.98. The Labute approximate surface area is 106 Å². The van der Waals surface area contributed by atoms with Gasteiger partial charge in [-0.25, -0.2) is 0 Å². The Hall–Kier alpha value is 0.0969. The van der Waals surface area contributed by atoms with Crippen molar-refractivity contribution in [3.8, 4) is 0 Å². The van der Waals surface area contributed by atoms with Crippen molar-refractivity contribution in [2.24, 2.45) is 5.92 Å². The summed E-state index contributed by atoms with van der Waals surface area (Å²) in [5, 5.41) is 0. The van der Waals surface area contributed by atoms with Crippen LogP contribution in [0.15, 0.2) is 0 Å². The number of hydrogen-bond donors (Lipinski definition) is 0. The van der Waals surface area contributed by atoms with Gasteiger partial charge in [0.1, 0.15) is 0 Å². The molecule has 100 valence electrons. The van der Waals surface area contributed by atoms with Gasteiger partial charge in [-0.2, -0.15) is 0 Å². The van der Waals surface area contributed by atoms with Crippen molar-refractivity contribution in [2.75, 3.05) is 14.2 Å². The van der Waals surface area contributed by atoms with Gasteiger partial charge in [0.05, 0.1) is 12.2 Å². The van der Waals surface area contributed by atoms with Crippen LogP contribution in [-0.4, -0.2) is 35.0 Å². The molecule has 0 aromatic heterocycles. The molecule has 3 unspecified atom stereocenters. The molecule has 0 N–H and O–H groups in total. The Morgan fingerprint density at radius 1 is 1.18 bits per heavy atom.